The third-order valence-corrected chi connectivity index (χ3v) is 4.73. The molecule has 1 aliphatic heterocycles. The number of piperazine rings is 1. The number of carbonyl (C=O) groups excluding carboxylic acids is 1. The quantitative estimate of drug-likeness (QED) is 0.808. The molecule has 2 heterocycles. The maximum atomic E-state index is 13.0. The Morgan fingerprint density at radius 2 is 1.92 bits per heavy atom. The lowest BCUT2D eigenvalue weighted by Gasteiger charge is -2.35. The largest absolute Gasteiger partial charge is 0.336 e. The first-order chi connectivity index (χ1) is 12.1. The Morgan fingerprint density at radius 3 is 2.60 bits per heavy atom. The van der Waals surface area contributed by atoms with Crippen LogP contribution in [-0.2, 0) is 6.54 Å². The van der Waals surface area contributed by atoms with Crippen LogP contribution in [0, 0.1) is 5.92 Å². The Morgan fingerprint density at radius 1 is 1.16 bits per heavy atom. The summed E-state index contributed by atoms with van der Waals surface area (Å²) in [5.74, 6) is 0.850. The molecule has 134 valence electrons. The van der Waals surface area contributed by atoms with E-state index in [1.54, 1.807) is 11.0 Å². The zero-order chi connectivity index (χ0) is 17.6. The van der Waals surface area contributed by atoms with E-state index in [2.05, 4.69) is 28.8 Å². The van der Waals surface area contributed by atoms with E-state index in [-0.39, 0.29) is 5.91 Å². The molecule has 0 N–H and O–H groups in total. The second kappa shape index (κ2) is 8.25. The average molecular weight is 341 g/mol. The van der Waals surface area contributed by atoms with Crippen LogP contribution >= 0.6 is 0 Å². The first kappa shape index (κ1) is 17.6. The fourth-order valence-electron chi connectivity index (χ4n) is 3.14. The first-order valence-corrected chi connectivity index (χ1v) is 9.05. The molecule has 1 fully saturated rings. The van der Waals surface area contributed by atoms with Gasteiger partial charge in [0.2, 0.25) is 0 Å². The average Bonchev–Trinajstić information content (AvgIpc) is 3.13. The third kappa shape index (κ3) is 4.66. The number of amides is 1. The molecule has 0 saturated carbocycles. The van der Waals surface area contributed by atoms with Gasteiger partial charge in [0, 0.05) is 31.7 Å². The molecule has 0 atom stereocenters. The second-order valence-electron chi connectivity index (χ2n) is 7.07. The Hall–Kier alpha value is -2.21. The van der Waals surface area contributed by atoms with Crippen LogP contribution in [-0.4, -0.2) is 63.2 Å². The van der Waals surface area contributed by atoms with Gasteiger partial charge in [0.15, 0.2) is 0 Å². The number of hydrogen-bond donors (Lipinski definition) is 0. The molecule has 0 bridgehead atoms. The van der Waals surface area contributed by atoms with Gasteiger partial charge in [0.1, 0.15) is 12.7 Å². The molecule has 0 radical (unpaired) electrons. The van der Waals surface area contributed by atoms with E-state index in [1.807, 2.05) is 29.2 Å². The molecule has 2 aromatic rings. The van der Waals surface area contributed by atoms with E-state index in [4.69, 9.17) is 0 Å². The van der Waals surface area contributed by atoms with Crippen LogP contribution in [0.4, 0.5) is 0 Å². The van der Waals surface area contributed by atoms with Gasteiger partial charge in [-0.05, 0) is 30.5 Å². The summed E-state index contributed by atoms with van der Waals surface area (Å²) >= 11 is 0. The third-order valence-electron chi connectivity index (χ3n) is 4.73. The molecular weight excluding hydrogens is 314 g/mol. The summed E-state index contributed by atoms with van der Waals surface area (Å²) in [4.78, 5) is 21.4. The minimum Gasteiger partial charge on any atom is -0.336 e. The summed E-state index contributed by atoms with van der Waals surface area (Å²) < 4.78 is 1.75. The van der Waals surface area contributed by atoms with Crippen LogP contribution in [0.3, 0.4) is 0 Å². The molecule has 1 amide bonds. The second-order valence-corrected chi connectivity index (χ2v) is 7.07. The van der Waals surface area contributed by atoms with E-state index in [0.29, 0.717) is 6.54 Å². The SMILES string of the molecule is CC(C)CCN1CCN(C(=O)c2ccccc2Cn2cncn2)CC1. The van der Waals surface area contributed by atoms with Gasteiger partial charge in [-0.1, -0.05) is 32.0 Å². The van der Waals surface area contributed by atoms with Crippen LogP contribution in [0.1, 0.15) is 36.2 Å². The van der Waals surface area contributed by atoms with Gasteiger partial charge in [0.05, 0.1) is 6.54 Å². The van der Waals surface area contributed by atoms with Crippen molar-refractivity contribution in [3.63, 3.8) is 0 Å². The maximum absolute atomic E-state index is 13.0. The Kier molecular flexibility index (Phi) is 5.81. The molecule has 25 heavy (non-hydrogen) atoms. The number of rotatable bonds is 6. The molecular formula is C19H27N5O. The molecule has 3 rings (SSSR count). The van der Waals surface area contributed by atoms with Crippen molar-refractivity contribution in [1.82, 2.24) is 24.6 Å². The molecule has 0 unspecified atom stereocenters. The summed E-state index contributed by atoms with van der Waals surface area (Å²) in [5.41, 5.74) is 1.76. The Balaban J connectivity index is 1.62. The zero-order valence-electron chi connectivity index (χ0n) is 15.1. The van der Waals surface area contributed by atoms with Gasteiger partial charge in [-0.25, -0.2) is 9.67 Å². The normalized spacial score (nSPS) is 15.7. The van der Waals surface area contributed by atoms with Crippen LogP contribution in [0.15, 0.2) is 36.9 Å². The smallest absolute Gasteiger partial charge is 0.254 e. The van der Waals surface area contributed by atoms with E-state index in [0.717, 1.165) is 49.8 Å². The van der Waals surface area contributed by atoms with Gasteiger partial charge in [-0.2, -0.15) is 5.10 Å². The molecule has 1 aromatic heterocycles. The van der Waals surface area contributed by atoms with Crippen molar-refractivity contribution in [2.45, 2.75) is 26.8 Å². The lowest BCUT2D eigenvalue weighted by atomic mass is 10.1. The van der Waals surface area contributed by atoms with Crippen molar-refractivity contribution in [2.24, 2.45) is 5.92 Å². The van der Waals surface area contributed by atoms with E-state index >= 15 is 0 Å². The first-order valence-electron chi connectivity index (χ1n) is 9.05. The van der Waals surface area contributed by atoms with Crippen molar-refractivity contribution in [3.05, 3.63) is 48.0 Å². The summed E-state index contributed by atoms with van der Waals surface area (Å²) in [6, 6.07) is 7.80. The highest BCUT2D eigenvalue weighted by Crippen LogP contribution is 2.15. The lowest BCUT2D eigenvalue weighted by molar-refractivity contribution is 0.0630. The summed E-state index contributed by atoms with van der Waals surface area (Å²) in [6.07, 6.45) is 4.41. The number of carbonyl (C=O) groups is 1. The van der Waals surface area contributed by atoms with Crippen molar-refractivity contribution in [1.29, 1.82) is 0 Å². The summed E-state index contributed by atoms with van der Waals surface area (Å²) in [5, 5.41) is 4.14. The topological polar surface area (TPSA) is 54.3 Å². The van der Waals surface area contributed by atoms with Crippen LogP contribution in [0.25, 0.3) is 0 Å². The van der Waals surface area contributed by atoms with Gasteiger partial charge >= 0.3 is 0 Å². The molecule has 1 saturated heterocycles. The van der Waals surface area contributed by atoms with Gasteiger partial charge in [0.25, 0.3) is 5.91 Å². The van der Waals surface area contributed by atoms with E-state index < -0.39 is 0 Å². The van der Waals surface area contributed by atoms with Crippen LogP contribution in [0.2, 0.25) is 0 Å². The number of nitrogens with zero attached hydrogens (tertiary/aromatic N) is 5. The van der Waals surface area contributed by atoms with Crippen molar-refractivity contribution in [3.8, 4) is 0 Å². The van der Waals surface area contributed by atoms with E-state index in [1.165, 1.54) is 12.7 Å². The summed E-state index contributed by atoms with van der Waals surface area (Å²) in [6.45, 7) is 9.73. The standard InChI is InChI=1S/C19H27N5O/c1-16(2)7-8-22-9-11-23(12-10-22)19(25)18-6-4-3-5-17(18)13-24-15-20-14-21-24/h3-6,14-16H,7-13H2,1-2H3. The Bertz CT molecular complexity index is 675. The molecule has 6 nitrogen and oxygen atoms in total. The molecule has 0 aliphatic carbocycles. The fraction of sp³-hybridized carbons (Fsp3) is 0.526. The number of hydrogen-bond acceptors (Lipinski definition) is 4. The number of aromatic nitrogens is 3. The lowest BCUT2D eigenvalue weighted by Crippen LogP contribution is -2.49. The van der Waals surface area contributed by atoms with Gasteiger partial charge < -0.3 is 4.90 Å². The zero-order valence-corrected chi connectivity index (χ0v) is 15.1. The monoisotopic (exact) mass is 341 g/mol. The van der Waals surface area contributed by atoms with Crippen molar-refractivity contribution >= 4 is 5.91 Å². The van der Waals surface area contributed by atoms with Crippen LogP contribution in [0.5, 0.6) is 0 Å². The summed E-state index contributed by atoms with van der Waals surface area (Å²) in [7, 11) is 0. The Labute approximate surface area is 149 Å². The van der Waals surface area contributed by atoms with Crippen molar-refractivity contribution in [2.75, 3.05) is 32.7 Å². The van der Waals surface area contributed by atoms with Crippen molar-refractivity contribution < 1.29 is 4.79 Å². The minimum absolute atomic E-state index is 0.124. The maximum Gasteiger partial charge on any atom is 0.254 e. The highest BCUT2D eigenvalue weighted by molar-refractivity contribution is 5.95. The van der Waals surface area contributed by atoms with Gasteiger partial charge in [-0.3, -0.25) is 9.69 Å². The molecule has 1 aliphatic rings. The highest BCUT2D eigenvalue weighted by atomic mass is 16.2. The highest BCUT2D eigenvalue weighted by Gasteiger charge is 2.23. The predicted molar refractivity (Wildman–Crippen MR) is 97.4 cm³/mol. The van der Waals surface area contributed by atoms with E-state index in [9.17, 15) is 4.79 Å². The predicted octanol–water partition coefficient (Wildman–Crippen LogP) is 2.13. The van der Waals surface area contributed by atoms with Crippen LogP contribution < -0.4 is 0 Å². The molecule has 6 heteroatoms. The van der Waals surface area contributed by atoms with Gasteiger partial charge in [-0.15, -0.1) is 0 Å². The fourth-order valence-corrected chi connectivity index (χ4v) is 3.14. The number of benzene rings is 1. The molecule has 0 spiro atoms. The molecule has 1 aromatic carbocycles. The minimum atomic E-state index is 0.124.